The van der Waals surface area contributed by atoms with E-state index >= 15 is 0 Å². The average molecular weight is 411 g/mol. The topological polar surface area (TPSA) is 77.0 Å². The highest BCUT2D eigenvalue weighted by Gasteiger charge is 2.12. The third-order valence-corrected chi connectivity index (χ3v) is 5.74. The van der Waals surface area contributed by atoms with Crippen molar-refractivity contribution in [1.29, 1.82) is 0 Å². The maximum absolute atomic E-state index is 11.9. The fourth-order valence-corrected chi connectivity index (χ4v) is 3.94. The second-order valence-electron chi connectivity index (χ2n) is 6.91. The Balaban J connectivity index is 1.52. The fraction of sp³-hybridized carbons (Fsp3) is 0.273. The van der Waals surface area contributed by atoms with Gasteiger partial charge in [-0.3, -0.25) is 9.79 Å². The number of carbonyl (C=O) groups excluding carboxylic acids is 1. The number of nitrogens with one attached hydrogen (secondary N) is 2. The van der Waals surface area contributed by atoms with E-state index in [9.17, 15) is 9.90 Å². The van der Waals surface area contributed by atoms with Crippen LogP contribution in [0.2, 0.25) is 0 Å². The summed E-state index contributed by atoms with van der Waals surface area (Å²) in [6, 6.07) is 17.6. The molecule has 3 N–H and O–H groups in total. The van der Waals surface area contributed by atoms with Crippen molar-refractivity contribution >= 4 is 33.3 Å². The van der Waals surface area contributed by atoms with Gasteiger partial charge in [-0.05, 0) is 35.2 Å². The van der Waals surface area contributed by atoms with Crippen LogP contribution in [0.5, 0.6) is 0 Å². The van der Waals surface area contributed by atoms with Gasteiger partial charge in [0.2, 0.25) is 0 Å². The molecule has 6 nitrogen and oxygen atoms in total. The molecule has 0 fully saturated rings. The Morgan fingerprint density at radius 2 is 1.86 bits per heavy atom. The number of hydrogen-bond acceptors (Lipinski definition) is 4. The van der Waals surface area contributed by atoms with Gasteiger partial charge < -0.3 is 20.6 Å². The zero-order chi connectivity index (χ0) is 20.8. The first-order chi connectivity index (χ1) is 14.0. The molecular weight excluding hydrogens is 384 g/mol. The minimum atomic E-state index is -0.609. The van der Waals surface area contributed by atoms with Crippen molar-refractivity contribution in [3.8, 4) is 0 Å². The number of amides is 1. The molecule has 3 rings (SSSR count). The first-order valence-corrected chi connectivity index (χ1v) is 10.2. The molecule has 152 valence electrons. The van der Waals surface area contributed by atoms with E-state index < -0.39 is 6.10 Å². The number of guanidine groups is 1. The summed E-state index contributed by atoms with van der Waals surface area (Å²) in [6.45, 7) is 0.928. The van der Waals surface area contributed by atoms with E-state index in [0.29, 0.717) is 24.6 Å². The van der Waals surface area contributed by atoms with Crippen LogP contribution in [-0.2, 0) is 6.54 Å². The van der Waals surface area contributed by atoms with E-state index in [1.807, 2.05) is 48.5 Å². The lowest BCUT2D eigenvalue weighted by Crippen LogP contribution is -2.38. The number of aliphatic imine (C=N–C) groups is 1. The number of hydrogen-bond donors (Lipinski definition) is 3. The highest BCUT2D eigenvalue weighted by Crippen LogP contribution is 2.29. The summed E-state index contributed by atoms with van der Waals surface area (Å²) in [5.41, 5.74) is 1.70. The maximum atomic E-state index is 11.9. The standard InChI is InChI=1S/C22H26N4O2S/c1-23-22(24-13-15-8-10-16(11-9-15)21(28)26(2)3)25-14-18(27)20-12-17-6-4-5-7-19(17)29-20/h4-12,18,27H,13-14H2,1-3H3,(H2,23,24,25). The number of aliphatic hydroxyl groups excluding tert-OH is 1. The second-order valence-corrected chi connectivity index (χ2v) is 8.02. The number of carbonyl (C=O) groups is 1. The SMILES string of the molecule is CN=C(NCc1ccc(C(=O)N(C)C)cc1)NCC(O)c1cc2ccccc2s1. The molecule has 0 spiro atoms. The summed E-state index contributed by atoms with van der Waals surface area (Å²) in [5, 5.41) is 18.0. The third kappa shape index (κ3) is 5.34. The highest BCUT2D eigenvalue weighted by molar-refractivity contribution is 7.19. The van der Waals surface area contributed by atoms with Gasteiger partial charge in [0.05, 0.1) is 0 Å². The van der Waals surface area contributed by atoms with Gasteiger partial charge in [0.1, 0.15) is 6.10 Å². The Hall–Kier alpha value is -2.90. The van der Waals surface area contributed by atoms with Gasteiger partial charge in [0.25, 0.3) is 5.91 Å². The summed E-state index contributed by atoms with van der Waals surface area (Å²) >= 11 is 1.60. The Kier molecular flexibility index (Phi) is 6.85. The van der Waals surface area contributed by atoms with Crippen molar-refractivity contribution in [2.45, 2.75) is 12.6 Å². The van der Waals surface area contributed by atoms with E-state index in [4.69, 9.17) is 0 Å². The predicted molar refractivity (Wildman–Crippen MR) is 119 cm³/mol. The first-order valence-electron chi connectivity index (χ1n) is 9.39. The predicted octanol–water partition coefficient (Wildman–Crippen LogP) is 3.00. The van der Waals surface area contributed by atoms with Crippen LogP contribution in [0.4, 0.5) is 0 Å². The number of benzene rings is 2. The molecular formula is C22H26N4O2S. The number of nitrogens with zero attached hydrogens (tertiary/aromatic N) is 2. The van der Waals surface area contributed by atoms with Crippen molar-refractivity contribution in [2.24, 2.45) is 4.99 Å². The molecule has 3 aromatic rings. The minimum absolute atomic E-state index is 0.0165. The van der Waals surface area contributed by atoms with Crippen LogP contribution in [0.1, 0.15) is 26.9 Å². The quantitative estimate of drug-likeness (QED) is 0.431. The van der Waals surface area contributed by atoms with Gasteiger partial charge in [-0.15, -0.1) is 11.3 Å². The summed E-state index contributed by atoms with van der Waals surface area (Å²) in [4.78, 5) is 18.6. The van der Waals surface area contributed by atoms with Crippen LogP contribution >= 0.6 is 11.3 Å². The van der Waals surface area contributed by atoms with Gasteiger partial charge >= 0.3 is 0 Å². The van der Waals surface area contributed by atoms with Crippen LogP contribution in [0.3, 0.4) is 0 Å². The lowest BCUT2D eigenvalue weighted by Gasteiger charge is -2.15. The van der Waals surface area contributed by atoms with E-state index in [2.05, 4.69) is 21.7 Å². The summed E-state index contributed by atoms with van der Waals surface area (Å²) in [7, 11) is 5.17. The molecule has 0 bridgehead atoms. The lowest BCUT2D eigenvalue weighted by molar-refractivity contribution is 0.0827. The van der Waals surface area contributed by atoms with E-state index in [1.54, 1.807) is 37.4 Å². The molecule has 0 saturated heterocycles. The molecule has 0 aliphatic carbocycles. The van der Waals surface area contributed by atoms with Crippen LogP contribution in [0, 0.1) is 0 Å². The Morgan fingerprint density at radius 1 is 1.14 bits per heavy atom. The fourth-order valence-electron chi connectivity index (χ4n) is 2.89. The molecule has 1 unspecified atom stereocenters. The smallest absolute Gasteiger partial charge is 0.253 e. The normalized spacial score (nSPS) is 12.6. The number of rotatable bonds is 6. The van der Waals surface area contributed by atoms with Crippen LogP contribution in [-0.4, -0.2) is 49.6 Å². The highest BCUT2D eigenvalue weighted by atomic mass is 32.1. The largest absolute Gasteiger partial charge is 0.386 e. The minimum Gasteiger partial charge on any atom is -0.386 e. The number of thiophene rings is 1. The van der Waals surface area contributed by atoms with Crippen molar-refractivity contribution in [2.75, 3.05) is 27.7 Å². The molecule has 1 atom stereocenters. The summed E-state index contributed by atoms with van der Waals surface area (Å²) in [5.74, 6) is 0.593. The molecule has 7 heteroatoms. The molecule has 1 aromatic heterocycles. The van der Waals surface area contributed by atoms with Crippen molar-refractivity contribution in [3.63, 3.8) is 0 Å². The number of aliphatic hydroxyl groups is 1. The average Bonchev–Trinajstić information content (AvgIpc) is 3.18. The summed E-state index contributed by atoms with van der Waals surface area (Å²) < 4.78 is 1.17. The second kappa shape index (κ2) is 9.54. The van der Waals surface area contributed by atoms with Gasteiger partial charge in [0.15, 0.2) is 5.96 Å². The molecule has 1 amide bonds. The van der Waals surface area contributed by atoms with Crippen molar-refractivity contribution < 1.29 is 9.90 Å². The summed E-state index contributed by atoms with van der Waals surface area (Å²) in [6.07, 6.45) is -0.609. The van der Waals surface area contributed by atoms with E-state index in [0.717, 1.165) is 15.8 Å². The van der Waals surface area contributed by atoms with E-state index in [-0.39, 0.29) is 5.91 Å². The van der Waals surface area contributed by atoms with E-state index in [1.165, 1.54) is 4.70 Å². The van der Waals surface area contributed by atoms with Gasteiger partial charge in [0, 0.05) is 49.4 Å². The Morgan fingerprint density at radius 3 is 2.52 bits per heavy atom. The van der Waals surface area contributed by atoms with Crippen molar-refractivity contribution in [3.05, 3.63) is 70.6 Å². The monoisotopic (exact) mass is 410 g/mol. The van der Waals surface area contributed by atoms with Crippen LogP contribution < -0.4 is 10.6 Å². The molecule has 0 radical (unpaired) electrons. The molecule has 2 aromatic carbocycles. The van der Waals surface area contributed by atoms with Crippen LogP contribution in [0.25, 0.3) is 10.1 Å². The molecule has 29 heavy (non-hydrogen) atoms. The zero-order valence-electron chi connectivity index (χ0n) is 16.8. The number of fused-ring (bicyclic) bond motifs is 1. The third-order valence-electron chi connectivity index (χ3n) is 4.53. The van der Waals surface area contributed by atoms with Gasteiger partial charge in [-0.2, -0.15) is 0 Å². The van der Waals surface area contributed by atoms with Gasteiger partial charge in [-0.1, -0.05) is 30.3 Å². The lowest BCUT2D eigenvalue weighted by atomic mass is 10.1. The van der Waals surface area contributed by atoms with Crippen LogP contribution in [0.15, 0.2) is 59.6 Å². The molecule has 0 saturated carbocycles. The maximum Gasteiger partial charge on any atom is 0.253 e. The zero-order valence-corrected chi connectivity index (χ0v) is 17.7. The molecule has 1 heterocycles. The first kappa shape index (κ1) is 20.8. The molecule has 0 aliphatic heterocycles. The Bertz CT molecular complexity index is 962. The molecule has 0 aliphatic rings. The Labute approximate surface area is 174 Å². The van der Waals surface area contributed by atoms with Gasteiger partial charge in [-0.25, -0.2) is 0 Å². The van der Waals surface area contributed by atoms with Crippen molar-refractivity contribution in [1.82, 2.24) is 15.5 Å².